The molecule has 20 heavy (non-hydrogen) atoms. The van der Waals surface area contributed by atoms with E-state index < -0.39 is 0 Å². The lowest BCUT2D eigenvalue weighted by Gasteiger charge is -2.31. The van der Waals surface area contributed by atoms with E-state index in [1.807, 2.05) is 19.1 Å². The fourth-order valence-corrected chi connectivity index (χ4v) is 3.05. The lowest BCUT2D eigenvalue weighted by atomic mass is 10.0. The molecular formula is C16H21FN2S. The number of anilines is 1. The van der Waals surface area contributed by atoms with Crippen molar-refractivity contribution in [3.05, 3.63) is 52.0 Å². The number of hydrogen-bond acceptors (Lipinski definition) is 3. The lowest BCUT2D eigenvalue weighted by Crippen LogP contribution is -2.31. The van der Waals surface area contributed by atoms with Gasteiger partial charge in [-0.2, -0.15) is 0 Å². The van der Waals surface area contributed by atoms with E-state index in [0.29, 0.717) is 5.56 Å². The van der Waals surface area contributed by atoms with Crippen LogP contribution in [0.5, 0.6) is 0 Å². The van der Waals surface area contributed by atoms with Crippen molar-refractivity contribution in [2.75, 3.05) is 4.90 Å². The minimum absolute atomic E-state index is 0.227. The van der Waals surface area contributed by atoms with Gasteiger partial charge in [0.15, 0.2) is 0 Å². The Hall–Kier alpha value is -1.39. The van der Waals surface area contributed by atoms with Gasteiger partial charge in [-0.15, -0.1) is 11.3 Å². The highest BCUT2D eigenvalue weighted by molar-refractivity contribution is 7.09. The van der Waals surface area contributed by atoms with Crippen LogP contribution in [-0.2, 0) is 6.54 Å². The van der Waals surface area contributed by atoms with Gasteiger partial charge >= 0.3 is 0 Å². The standard InChI is InChI=1S/C16H21FN2S/c1-11(2)19(10-13-6-5-9-20-13)15-8-4-7-14(17)16(15)12(3)18/h4-9,11-12H,10,18H2,1-3H3/t12-/m1/s1. The van der Waals surface area contributed by atoms with Gasteiger partial charge < -0.3 is 10.6 Å². The second-order valence-electron chi connectivity index (χ2n) is 5.26. The largest absolute Gasteiger partial charge is 0.364 e. The van der Waals surface area contributed by atoms with Crippen molar-refractivity contribution >= 4 is 17.0 Å². The molecule has 1 heterocycles. The van der Waals surface area contributed by atoms with Crippen LogP contribution < -0.4 is 10.6 Å². The Morgan fingerprint density at radius 1 is 1.20 bits per heavy atom. The van der Waals surface area contributed by atoms with E-state index in [2.05, 4.69) is 30.2 Å². The summed E-state index contributed by atoms with van der Waals surface area (Å²) in [6.07, 6.45) is 0. The third kappa shape index (κ3) is 3.19. The van der Waals surface area contributed by atoms with Crippen LogP contribution in [0, 0.1) is 5.82 Å². The number of hydrogen-bond donors (Lipinski definition) is 1. The van der Waals surface area contributed by atoms with Crippen LogP contribution in [0.3, 0.4) is 0 Å². The molecule has 0 saturated heterocycles. The first kappa shape index (κ1) is 15.0. The van der Waals surface area contributed by atoms with Gasteiger partial charge in [0, 0.05) is 28.2 Å². The first-order valence-electron chi connectivity index (χ1n) is 6.83. The summed E-state index contributed by atoms with van der Waals surface area (Å²) < 4.78 is 14.1. The third-order valence-corrected chi connectivity index (χ3v) is 4.19. The number of benzene rings is 1. The molecule has 2 aromatic rings. The highest BCUT2D eigenvalue weighted by atomic mass is 32.1. The fourth-order valence-electron chi connectivity index (χ4n) is 2.34. The molecule has 0 bridgehead atoms. The van der Waals surface area contributed by atoms with Crippen LogP contribution in [0.15, 0.2) is 35.7 Å². The van der Waals surface area contributed by atoms with E-state index in [4.69, 9.17) is 5.73 Å². The SMILES string of the molecule is CC(C)N(Cc1cccs1)c1cccc(F)c1[C@@H](C)N. The Kier molecular flexibility index (Phi) is 4.78. The zero-order valence-corrected chi connectivity index (χ0v) is 13.0. The molecule has 0 aliphatic carbocycles. The number of nitrogens with zero attached hydrogens (tertiary/aromatic N) is 1. The Balaban J connectivity index is 2.42. The molecule has 0 amide bonds. The van der Waals surface area contributed by atoms with Crippen LogP contribution in [0.25, 0.3) is 0 Å². The van der Waals surface area contributed by atoms with E-state index in [9.17, 15) is 4.39 Å². The molecule has 2 N–H and O–H groups in total. The molecule has 108 valence electrons. The van der Waals surface area contributed by atoms with Gasteiger partial charge in [-0.1, -0.05) is 12.1 Å². The Morgan fingerprint density at radius 3 is 2.50 bits per heavy atom. The summed E-state index contributed by atoms with van der Waals surface area (Å²) in [5.41, 5.74) is 7.45. The molecule has 2 rings (SSSR count). The average Bonchev–Trinajstić information content (AvgIpc) is 2.87. The maximum absolute atomic E-state index is 14.1. The Bertz CT molecular complexity index is 550. The smallest absolute Gasteiger partial charge is 0.130 e. The number of rotatable bonds is 5. The second kappa shape index (κ2) is 6.37. The summed E-state index contributed by atoms with van der Waals surface area (Å²) in [5.74, 6) is -0.227. The second-order valence-corrected chi connectivity index (χ2v) is 6.29. The molecule has 0 fully saturated rings. The van der Waals surface area contributed by atoms with E-state index in [1.165, 1.54) is 10.9 Å². The van der Waals surface area contributed by atoms with Crippen molar-refractivity contribution in [1.82, 2.24) is 0 Å². The minimum Gasteiger partial charge on any atom is -0.364 e. The highest BCUT2D eigenvalue weighted by Gasteiger charge is 2.20. The van der Waals surface area contributed by atoms with Crippen molar-refractivity contribution in [2.24, 2.45) is 5.73 Å². The van der Waals surface area contributed by atoms with Gasteiger partial charge in [0.25, 0.3) is 0 Å². The predicted octanol–water partition coefficient (Wildman–Crippen LogP) is 4.32. The van der Waals surface area contributed by atoms with Crippen molar-refractivity contribution in [3.8, 4) is 0 Å². The van der Waals surface area contributed by atoms with Crippen LogP contribution in [0.4, 0.5) is 10.1 Å². The molecule has 1 atom stereocenters. The quantitative estimate of drug-likeness (QED) is 0.889. The zero-order valence-electron chi connectivity index (χ0n) is 12.1. The van der Waals surface area contributed by atoms with Crippen molar-refractivity contribution < 1.29 is 4.39 Å². The van der Waals surface area contributed by atoms with Crippen LogP contribution in [0.1, 0.15) is 37.3 Å². The molecule has 1 aromatic heterocycles. The van der Waals surface area contributed by atoms with Gasteiger partial charge in [0.1, 0.15) is 5.82 Å². The molecule has 0 aliphatic rings. The van der Waals surface area contributed by atoms with Crippen LogP contribution in [0.2, 0.25) is 0 Å². The minimum atomic E-state index is -0.323. The number of nitrogens with two attached hydrogens (primary N) is 1. The summed E-state index contributed by atoms with van der Waals surface area (Å²) in [5, 5.41) is 2.06. The lowest BCUT2D eigenvalue weighted by molar-refractivity contribution is 0.586. The summed E-state index contributed by atoms with van der Waals surface area (Å²) in [6.45, 7) is 6.83. The zero-order chi connectivity index (χ0) is 14.7. The van der Waals surface area contributed by atoms with E-state index in [1.54, 1.807) is 17.4 Å². The average molecular weight is 292 g/mol. The number of halogens is 1. The number of thiophene rings is 1. The van der Waals surface area contributed by atoms with Gasteiger partial charge in [0.05, 0.1) is 6.54 Å². The monoisotopic (exact) mass is 292 g/mol. The molecule has 2 nitrogen and oxygen atoms in total. The summed E-state index contributed by atoms with van der Waals surface area (Å²) in [4.78, 5) is 3.46. The summed E-state index contributed by atoms with van der Waals surface area (Å²) in [6, 6.07) is 9.27. The van der Waals surface area contributed by atoms with Crippen LogP contribution in [-0.4, -0.2) is 6.04 Å². The van der Waals surface area contributed by atoms with E-state index in [0.717, 1.165) is 12.2 Å². The third-order valence-electron chi connectivity index (χ3n) is 3.32. The summed E-state index contributed by atoms with van der Waals surface area (Å²) >= 11 is 1.72. The molecular weight excluding hydrogens is 271 g/mol. The van der Waals surface area contributed by atoms with E-state index in [-0.39, 0.29) is 17.9 Å². The fraction of sp³-hybridized carbons (Fsp3) is 0.375. The molecule has 0 aliphatic heterocycles. The molecule has 0 radical (unpaired) electrons. The Morgan fingerprint density at radius 2 is 1.95 bits per heavy atom. The van der Waals surface area contributed by atoms with Gasteiger partial charge in [-0.25, -0.2) is 4.39 Å². The molecule has 0 spiro atoms. The molecule has 4 heteroatoms. The van der Waals surface area contributed by atoms with Gasteiger partial charge in [-0.3, -0.25) is 0 Å². The van der Waals surface area contributed by atoms with Crippen molar-refractivity contribution in [2.45, 2.75) is 39.4 Å². The van der Waals surface area contributed by atoms with E-state index >= 15 is 0 Å². The Labute approximate surface area is 124 Å². The first-order valence-corrected chi connectivity index (χ1v) is 7.71. The molecule has 1 aromatic carbocycles. The maximum atomic E-state index is 14.1. The predicted molar refractivity (Wildman–Crippen MR) is 84.6 cm³/mol. The van der Waals surface area contributed by atoms with Gasteiger partial charge in [-0.05, 0) is 44.4 Å². The summed E-state index contributed by atoms with van der Waals surface area (Å²) in [7, 11) is 0. The highest BCUT2D eigenvalue weighted by Crippen LogP contribution is 2.31. The van der Waals surface area contributed by atoms with Crippen molar-refractivity contribution in [1.29, 1.82) is 0 Å². The molecule has 0 saturated carbocycles. The normalized spacial score (nSPS) is 12.7. The molecule has 0 unspecified atom stereocenters. The van der Waals surface area contributed by atoms with Crippen molar-refractivity contribution in [3.63, 3.8) is 0 Å². The topological polar surface area (TPSA) is 29.3 Å². The maximum Gasteiger partial charge on any atom is 0.130 e. The first-order chi connectivity index (χ1) is 9.50. The van der Waals surface area contributed by atoms with Gasteiger partial charge in [0.2, 0.25) is 0 Å². The van der Waals surface area contributed by atoms with Crippen LogP contribution >= 0.6 is 11.3 Å².